The number of nitrogens with zero attached hydrogens (tertiary/aromatic N) is 3. The number of hydrogen-bond donors (Lipinski definition) is 3. The van der Waals surface area contributed by atoms with E-state index in [0.717, 1.165) is 5.69 Å². The van der Waals surface area contributed by atoms with Crippen molar-refractivity contribution in [3.05, 3.63) is 36.7 Å². The van der Waals surface area contributed by atoms with Crippen LogP contribution >= 0.6 is 0 Å². The van der Waals surface area contributed by atoms with E-state index in [1.807, 2.05) is 6.07 Å². The molecule has 0 atom stereocenters. The first-order chi connectivity index (χ1) is 12.2. The highest BCUT2D eigenvalue weighted by Gasteiger charge is 2.29. The van der Waals surface area contributed by atoms with Crippen LogP contribution in [-0.4, -0.2) is 48.6 Å². The number of sulfonamides is 1. The van der Waals surface area contributed by atoms with Gasteiger partial charge in [0.1, 0.15) is 5.82 Å². The van der Waals surface area contributed by atoms with Crippen LogP contribution in [0.5, 0.6) is 0 Å². The highest BCUT2D eigenvalue weighted by Crippen LogP contribution is 2.19. The van der Waals surface area contributed by atoms with E-state index in [1.165, 1.54) is 0 Å². The van der Waals surface area contributed by atoms with Gasteiger partial charge in [-0.15, -0.1) is 10.2 Å². The number of anilines is 3. The van der Waals surface area contributed by atoms with Crippen molar-refractivity contribution in [2.24, 2.45) is 0 Å². The van der Waals surface area contributed by atoms with Crippen LogP contribution in [0.4, 0.5) is 30.5 Å². The smallest absolute Gasteiger partial charge is 0.367 e. The number of nitrogens with one attached hydrogen (secondary N) is 3. The Kier molecular flexibility index (Phi) is 6.69. The molecule has 26 heavy (non-hydrogen) atoms. The molecule has 0 saturated heterocycles. The monoisotopic (exact) mass is 390 g/mol. The number of rotatable bonds is 9. The van der Waals surface area contributed by atoms with Gasteiger partial charge in [-0.05, 0) is 24.3 Å². The molecular weight excluding hydrogens is 373 g/mol. The highest BCUT2D eigenvalue weighted by molar-refractivity contribution is 7.89. The van der Waals surface area contributed by atoms with Crippen LogP contribution in [-0.2, 0) is 10.0 Å². The lowest BCUT2D eigenvalue weighted by atomic mass is 10.4. The maximum atomic E-state index is 12.0. The second-order valence-electron chi connectivity index (χ2n) is 5.18. The van der Waals surface area contributed by atoms with Gasteiger partial charge in [0, 0.05) is 19.3 Å². The van der Waals surface area contributed by atoms with Gasteiger partial charge in [-0.2, -0.15) is 13.2 Å². The molecule has 0 fully saturated rings. The van der Waals surface area contributed by atoms with E-state index in [0.29, 0.717) is 11.6 Å². The largest absolute Gasteiger partial charge is 0.390 e. The molecule has 0 aromatic carbocycles. The molecule has 0 radical (unpaired) electrons. The van der Waals surface area contributed by atoms with Gasteiger partial charge in [0.15, 0.2) is 5.82 Å². The molecule has 0 aliphatic heterocycles. The molecule has 2 heterocycles. The molecule has 142 valence electrons. The van der Waals surface area contributed by atoms with E-state index < -0.39 is 28.4 Å². The van der Waals surface area contributed by atoms with Crippen molar-refractivity contribution in [2.75, 3.05) is 29.5 Å². The Balaban J connectivity index is 1.73. The normalized spacial score (nSPS) is 12.0. The van der Waals surface area contributed by atoms with Gasteiger partial charge in [0.25, 0.3) is 0 Å². The van der Waals surface area contributed by atoms with Crippen LogP contribution in [0.1, 0.15) is 6.42 Å². The second-order valence-corrected chi connectivity index (χ2v) is 7.10. The standard InChI is InChI=1S/C14H17F3N6O2S/c15-14(16,17)5-9-26(24,25)20-8-7-19-12-3-4-13(23-22-12)21-11-2-1-6-18-10-11/h1-4,6,10,20H,5,7-9H2,(H,19,22)(H,21,23). The van der Waals surface area contributed by atoms with Crippen LogP contribution in [0, 0.1) is 0 Å². The Hall–Kier alpha value is -2.47. The summed E-state index contributed by atoms with van der Waals surface area (Å²) in [4.78, 5) is 3.95. The Morgan fingerprint density at radius 1 is 1.04 bits per heavy atom. The van der Waals surface area contributed by atoms with Crippen molar-refractivity contribution < 1.29 is 21.6 Å². The van der Waals surface area contributed by atoms with E-state index in [-0.39, 0.29) is 13.1 Å². The van der Waals surface area contributed by atoms with E-state index in [4.69, 9.17) is 0 Å². The lowest BCUT2D eigenvalue weighted by Crippen LogP contribution is -2.32. The summed E-state index contributed by atoms with van der Waals surface area (Å²) < 4.78 is 61.1. The second kappa shape index (κ2) is 8.76. The first kappa shape index (κ1) is 19.8. The van der Waals surface area contributed by atoms with Crippen molar-refractivity contribution in [2.45, 2.75) is 12.6 Å². The summed E-state index contributed by atoms with van der Waals surface area (Å²) >= 11 is 0. The van der Waals surface area contributed by atoms with Gasteiger partial charge in [0.2, 0.25) is 10.0 Å². The third-order valence-electron chi connectivity index (χ3n) is 3.01. The lowest BCUT2D eigenvalue weighted by Gasteiger charge is -2.10. The summed E-state index contributed by atoms with van der Waals surface area (Å²) in [5, 5.41) is 13.7. The van der Waals surface area contributed by atoms with Crippen molar-refractivity contribution >= 4 is 27.3 Å². The molecule has 8 nitrogen and oxygen atoms in total. The lowest BCUT2D eigenvalue weighted by molar-refractivity contribution is -0.129. The SMILES string of the molecule is O=S(=O)(CCC(F)(F)F)NCCNc1ccc(Nc2cccnc2)nn1. The molecule has 0 amide bonds. The van der Waals surface area contributed by atoms with Gasteiger partial charge in [-0.3, -0.25) is 4.98 Å². The summed E-state index contributed by atoms with van der Waals surface area (Å²) in [5.41, 5.74) is 0.746. The summed E-state index contributed by atoms with van der Waals surface area (Å²) in [5.74, 6) is -0.0991. The summed E-state index contributed by atoms with van der Waals surface area (Å²) in [6.07, 6.45) is -2.62. The third kappa shape index (κ3) is 7.61. The van der Waals surface area contributed by atoms with Gasteiger partial charge in [-0.25, -0.2) is 13.1 Å². The Morgan fingerprint density at radius 2 is 1.77 bits per heavy atom. The first-order valence-corrected chi connectivity index (χ1v) is 9.17. The minimum atomic E-state index is -4.51. The zero-order valence-electron chi connectivity index (χ0n) is 13.5. The Bertz CT molecular complexity index is 785. The quantitative estimate of drug-likeness (QED) is 0.561. The average molecular weight is 390 g/mol. The molecular formula is C14H17F3N6O2S. The fourth-order valence-electron chi connectivity index (χ4n) is 1.80. The molecule has 2 aromatic rings. The summed E-state index contributed by atoms with van der Waals surface area (Å²) in [6.45, 7) is 0.0763. The molecule has 0 aliphatic rings. The van der Waals surface area contributed by atoms with Gasteiger partial charge >= 0.3 is 6.18 Å². The number of aromatic nitrogens is 3. The molecule has 12 heteroatoms. The van der Waals surface area contributed by atoms with E-state index in [1.54, 1.807) is 30.6 Å². The molecule has 0 bridgehead atoms. The van der Waals surface area contributed by atoms with Gasteiger partial charge in [-0.1, -0.05) is 0 Å². The predicted molar refractivity (Wildman–Crippen MR) is 90.5 cm³/mol. The molecule has 0 unspecified atom stereocenters. The number of pyridine rings is 1. The van der Waals surface area contributed by atoms with Crippen LogP contribution < -0.4 is 15.4 Å². The molecule has 2 rings (SSSR count). The zero-order valence-corrected chi connectivity index (χ0v) is 14.3. The van der Waals surface area contributed by atoms with Crippen molar-refractivity contribution in [3.63, 3.8) is 0 Å². The fraction of sp³-hybridized carbons (Fsp3) is 0.357. The van der Waals surface area contributed by atoms with E-state index >= 15 is 0 Å². The molecule has 0 saturated carbocycles. The maximum Gasteiger partial charge on any atom is 0.390 e. The summed E-state index contributed by atoms with van der Waals surface area (Å²) in [6, 6.07) is 6.87. The van der Waals surface area contributed by atoms with E-state index in [9.17, 15) is 21.6 Å². The number of hydrogen-bond acceptors (Lipinski definition) is 7. The van der Waals surface area contributed by atoms with Crippen LogP contribution in [0.15, 0.2) is 36.7 Å². The Labute approximate surface area is 148 Å². The van der Waals surface area contributed by atoms with Crippen molar-refractivity contribution in [3.8, 4) is 0 Å². The van der Waals surface area contributed by atoms with Crippen molar-refractivity contribution in [1.82, 2.24) is 19.9 Å². The average Bonchev–Trinajstić information content (AvgIpc) is 2.59. The van der Waals surface area contributed by atoms with Gasteiger partial charge in [0.05, 0.1) is 24.1 Å². The minimum Gasteiger partial charge on any atom is -0.367 e. The first-order valence-electron chi connectivity index (χ1n) is 7.52. The summed E-state index contributed by atoms with van der Waals surface area (Å²) in [7, 11) is -3.97. The molecule has 0 aliphatic carbocycles. The van der Waals surface area contributed by atoms with Crippen molar-refractivity contribution in [1.29, 1.82) is 0 Å². The third-order valence-corrected chi connectivity index (χ3v) is 4.39. The number of alkyl halides is 3. The van der Waals surface area contributed by atoms with Crippen LogP contribution in [0.25, 0.3) is 0 Å². The molecule has 2 aromatic heterocycles. The van der Waals surface area contributed by atoms with E-state index in [2.05, 4.69) is 30.5 Å². The zero-order chi connectivity index (χ0) is 19.0. The minimum absolute atomic E-state index is 0.0719. The predicted octanol–water partition coefficient (Wildman–Crippen LogP) is 1.90. The maximum absolute atomic E-state index is 12.0. The van der Waals surface area contributed by atoms with Crippen LogP contribution in [0.3, 0.4) is 0 Å². The topological polar surface area (TPSA) is 109 Å². The number of halogens is 3. The van der Waals surface area contributed by atoms with Crippen LogP contribution in [0.2, 0.25) is 0 Å². The highest BCUT2D eigenvalue weighted by atomic mass is 32.2. The molecule has 3 N–H and O–H groups in total. The van der Waals surface area contributed by atoms with Gasteiger partial charge < -0.3 is 10.6 Å². The fourth-order valence-corrected chi connectivity index (χ4v) is 2.85. The molecule has 0 spiro atoms. The Morgan fingerprint density at radius 3 is 2.38 bits per heavy atom.